The van der Waals surface area contributed by atoms with Gasteiger partial charge in [-0.1, -0.05) is 138 Å². The molecule has 0 rings (SSSR count). The van der Waals surface area contributed by atoms with Crippen molar-refractivity contribution in [1.29, 1.82) is 0 Å². The van der Waals surface area contributed by atoms with Crippen molar-refractivity contribution in [3.63, 3.8) is 0 Å². The van der Waals surface area contributed by atoms with Crippen LogP contribution in [-0.4, -0.2) is 59.3 Å². The standard InChI is InChI=1S/C47H76N2O7/c1-3-5-7-9-11-13-15-17-19-20-21-23-25-27-29-31-33-39-46(53)56-42(36-32-30-28-26-24-22-18-16-14-12-10-8-6-4-2)37-34-35-38-44(51)48-40-45(52)49-43(41-50)47(54)55/h6,8,11-14,17-19,22,26,28,32,36,42-43,50H,3-5,7,9-10,15-16,20-21,23-25,27,29-31,33-35,37-41H2,1-2H3,(H,48,51)(H,49,52)(H,54,55)/b8-6-,13-11-,14-12-,19-17-,22-18-,28-26-,36-32-. The van der Waals surface area contributed by atoms with Crippen LogP contribution in [0.25, 0.3) is 0 Å². The predicted octanol–water partition coefficient (Wildman–Crippen LogP) is 10.5. The maximum absolute atomic E-state index is 12.7. The molecular formula is C47H76N2O7. The van der Waals surface area contributed by atoms with E-state index in [4.69, 9.17) is 14.9 Å². The minimum Gasteiger partial charge on any atom is -0.480 e. The maximum atomic E-state index is 12.7. The molecule has 0 saturated carbocycles. The molecule has 4 N–H and O–H groups in total. The Balaban J connectivity index is 4.55. The summed E-state index contributed by atoms with van der Waals surface area (Å²) in [7, 11) is 0. The van der Waals surface area contributed by atoms with Crippen LogP contribution in [-0.2, 0) is 23.9 Å². The van der Waals surface area contributed by atoms with Crippen molar-refractivity contribution in [3.05, 3.63) is 85.1 Å². The van der Waals surface area contributed by atoms with E-state index in [9.17, 15) is 19.2 Å². The van der Waals surface area contributed by atoms with Gasteiger partial charge < -0.3 is 25.6 Å². The summed E-state index contributed by atoms with van der Waals surface area (Å²) in [6.45, 7) is 3.25. The van der Waals surface area contributed by atoms with Crippen LogP contribution in [0.2, 0.25) is 0 Å². The number of hydrogen-bond donors (Lipinski definition) is 4. The topological polar surface area (TPSA) is 142 Å². The summed E-state index contributed by atoms with van der Waals surface area (Å²) in [5.74, 6) is -2.59. The average molecular weight is 781 g/mol. The number of amides is 2. The molecule has 0 aromatic carbocycles. The molecule has 0 spiro atoms. The molecule has 2 atom stereocenters. The summed E-state index contributed by atoms with van der Waals surface area (Å²) in [5.41, 5.74) is 0. The number of hydrogen-bond acceptors (Lipinski definition) is 6. The molecule has 0 aliphatic heterocycles. The predicted molar refractivity (Wildman–Crippen MR) is 231 cm³/mol. The third kappa shape index (κ3) is 37.0. The van der Waals surface area contributed by atoms with E-state index in [1.165, 1.54) is 51.4 Å². The van der Waals surface area contributed by atoms with Gasteiger partial charge >= 0.3 is 11.9 Å². The summed E-state index contributed by atoms with van der Waals surface area (Å²) in [5, 5.41) is 22.6. The van der Waals surface area contributed by atoms with Gasteiger partial charge in [0.25, 0.3) is 0 Å². The molecule has 0 aromatic heterocycles. The maximum Gasteiger partial charge on any atom is 0.328 e. The Kier molecular flexibility index (Phi) is 37.8. The lowest BCUT2D eigenvalue weighted by Crippen LogP contribution is -2.47. The molecule has 0 fully saturated rings. The number of esters is 1. The largest absolute Gasteiger partial charge is 0.480 e. The highest BCUT2D eigenvalue weighted by Gasteiger charge is 2.19. The van der Waals surface area contributed by atoms with E-state index in [2.05, 4.69) is 97.4 Å². The second-order valence-electron chi connectivity index (χ2n) is 14.0. The first-order valence-electron chi connectivity index (χ1n) is 21.5. The van der Waals surface area contributed by atoms with Crippen LogP contribution in [0.15, 0.2) is 85.1 Å². The number of carboxylic acid groups (broad SMARTS) is 1. The van der Waals surface area contributed by atoms with E-state index in [1.54, 1.807) is 0 Å². The fourth-order valence-electron chi connectivity index (χ4n) is 5.57. The van der Waals surface area contributed by atoms with Crippen molar-refractivity contribution in [2.45, 2.75) is 174 Å². The minimum absolute atomic E-state index is 0.176. The molecule has 0 aliphatic carbocycles. The van der Waals surface area contributed by atoms with Gasteiger partial charge in [0.2, 0.25) is 11.8 Å². The zero-order valence-electron chi connectivity index (χ0n) is 34.9. The number of rotatable bonds is 37. The van der Waals surface area contributed by atoms with E-state index < -0.39 is 24.5 Å². The number of allylic oxidation sites excluding steroid dienone is 13. The van der Waals surface area contributed by atoms with Gasteiger partial charge in [0.1, 0.15) is 12.1 Å². The lowest BCUT2D eigenvalue weighted by molar-refractivity contribution is -0.147. The first-order valence-corrected chi connectivity index (χ1v) is 21.5. The molecule has 316 valence electrons. The number of carbonyl (C=O) groups excluding carboxylic acids is 3. The molecule has 9 heteroatoms. The van der Waals surface area contributed by atoms with Crippen LogP contribution in [0.4, 0.5) is 0 Å². The van der Waals surface area contributed by atoms with Crippen LogP contribution >= 0.6 is 0 Å². The van der Waals surface area contributed by atoms with Crippen LogP contribution in [0, 0.1) is 0 Å². The van der Waals surface area contributed by atoms with Crippen molar-refractivity contribution in [2.24, 2.45) is 0 Å². The molecule has 56 heavy (non-hydrogen) atoms. The van der Waals surface area contributed by atoms with Crippen LogP contribution < -0.4 is 10.6 Å². The van der Waals surface area contributed by atoms with Crippen molar-refractivity contribution in [1.82, 2.24) is 10.6 Å². The van der Waals surface area contributed by atoms with Gasteiger partial charge in [0, 0.05) is 12.8 Å². The number of carbonyl (C=O) groups is 4. The minimum atomic E-state index is -1.42. The Morgan fingerprint density at radius 1 is 0.571 bits per heavy atom. The van der Waals surface area contributed by atoms with Gasteiger partial charge in [-0.05, 0) is 96.0 Å². The summed E-state index contributed by atoms with van der Waals surface area (Å²) in [4.78, 5) is 47.8. The summed E-state index contributed by atoms with van der Waals surface area (Å²) in [6.07, 6.45) is 51.8. The summed E-state index contributed by atoms with van der Waals surface area (Å²) < 4.78 is 5.84. The van der Waals surface area contributed by atoms with Gasteiger partial charge in [-0.3, -0.25) is 14.4 Å². The molecule has 9 nitrogen and oxygen atoms in total. The van der Waals surface area contributed by atoms with E-state index in [0.29, 0.717) is 25.7 Å². The van der Waals surface area contributed by atoms with Crippen molar-refractivity contribution < 1.29 is 34.1 Å². The fraction of sp³-hybridized carbons (Fsp3) is 0.617. The highest BCUT2D eigenvalue weighted by molar-refractivity contribution is 5.87. The Hall–Kier alpha value is -3.98. The molecule has 0 aliphatic rings. The molecule has 0 heterocycles. The third-order valence-electron chi connectivity index (χ3n) is 8.86. The number of nitrogens with one attached hydrogen (secondary N) is 2. The number of aliphatic hydroxyl groups excluding tert-OH is 1. The Labute approximate surface area is 339 Å². The smallest absolute Gasteiger partial charge is 0.328 e. The van der Waals surface area contributed by atoms with E-state index in [0.717, 1.165) is 64.2 Å². The van der Waals surface area contributed by atoms with E-state index >= 15 is 0 Å². The number of unbranched alkanes of at least 4 members (excludes halogenated alkanes) is 11. The highest BCUT2D eigenvalue weighted by Crippen LogP contribution is 2.14. The SMILES string of the molecule is CC/C=C\C/C=C\C/C=C\C/C=C\C/C=C\C(CCCCC(=O)NCC(=O)NC(CO)C(=O)O)OC(=O)CCCCCCCCC/C=C\C/C=C\CCCCC. The first kappa shape index (κ1) is 52.0. The number of carboxylic acids is 1. The Morgan fingerprint density at radius 2 is 1.07 bits per heavy atom. The fourth-order valence-corrected chi connectivity index (χ4v) is 5.57. The van der Waals surface area contributed by atoms with Crippen molar-refractivity contribution >= 4 is 23.8 Å². The normalized spacial score (nSPS) is 13.3. The van der Waals surface area contributed by atoms with Crippen LogP contribution in [0.3, 0.4) is 0 Å². The summed E-state index contributed by atoms with van der Waals surface area (Å²) >= 11 is 0. The Bertz CT molecular complexity index is 1210. The van der Waals surface area contributed by atoms with Gasteiger partial charge in [0.05, 0.1) is 13.2 Å². The second-order valence-corrected chi connectivity index (χ2v) is 14.0. The number of aliphatic carboxylic acids is 1. The van der Waals surface area contributed by atoms with Crippen LogP contribution in [0.5, 0.6) is 0 Å². The van der Waals surface area contributed by atoms with Crippen molar-refractivity contribution in [2.75, 3.05) is 13.2 Å². The summed E-state index contributed by atoms with van der Waals surface area (Å²) in [6, 6.07) is -1.42. The molecule has 2 amide bonds. The highest BCUT2D eigenvalue weighted by atomic mass is 16.5. The second kappa shape index (κ2) is 40.7. The van der Waals surface area contributed by atoms with Crippen LogP contribution in [0.1, 0.15) is 162 Å². The molecule has 2 unspecified atom stereocenters. The first-order chi connectivity index (χ1) is 27.3. The molecular weight excluding hydrogens is 705 g/mol. The van der Waals surface area contributed by atoms with Gasteiger partial charge in [0.15, 0.2) is 0 Å². The average Bonchev–Trinajstić information content (AvgIpc) is 3.18. The number of aliphatic hydroxyl groups is 1. The lowest BCUT2D eigenvalue weighted by Gasteiger charge is -2.15. The van der Waals surface area contributed by atoms with Crippen molar-refractivity contribution in [3.8, 4) is 0 Å². The molecule has 0 aromatic rings. The lowest BCUT2D eigenvalue weighted by atomic mass is 10.1. The monoisotopic (exact) mass is 781 g/mol. The zero-order chi connectivity index (χ0) is 41.2. The Morgan fingerprint density at radius 3 is 1.62 bits per heavy atom. The third-order valence-corrected chi connectivity index (χ3v) is 8.86. The van der Waals surface area contributed by atoms with E-state index in [-0.39, 0.29) is 30.9 Å². The van der Waals surface area contributed by atoms with Gasteiger partial charge in [-0.2, -0.15) is 0 Å². The van der Waals surface area contributed by atoms with E-state index in [1.807, 2.05) is 12.2 Å². The number of ether oxygens (including phenoxy) is 1. The molecule has 0 radical (unpaired) electrons. The molecule has 0 saturated heterocycles. The quantitative estimate of drug-likeness (QED) is 0.0279. The van der Waals surface area contributed by atoms with Gasteiger partial charge in [-0.15, -0.1) is 0 Å². The zero-order valence-corrected chi connectivity index (χ0v) is 34.9. The van der Waals surface area contributed by atoms with Gasteiger partial charge in [-0.25, -0.2) is 4.79 Å². The molecule has 0 bridgehead atoms.